The summed E-state index contributed by atoms with van der Waals surface area (Å²) in [7, 11) is 0. The molecule has 1 saturated heterocycles. The van der Waals surface area contributed by atoms with Gasteiger partial charge in [0.2, 0.25) is 0 Å². The van der Waals surface area contributed by atoms with Gasteiger partial charge in [-0.15, -0.1) is 0 Å². The Labute approximate surface area is 126 Å². The second-order valence-electron chi connectivity index (χ2n) is 4.63. The monoisotopic (exact) mass is 321 g/mol. The predicted octanol–water partition coefficient (Wildman–Crippen LogP) is 2.98. The Morgan fingerprint density at radius 1 is 1.50 bits per heavy atom. The number of rotatable bonds is 3. The Morgan fingerprint density at radius 3 is 2.85 bits per heavy atom. The van der Waals surface area contributed by atoms with E-state index in [4.69, 9.17) is 27.9 Å². The molecule has 0 amide bonds. The molecule has 7 heteroatoms. The quantitative estimate of drug-likeness (QED) is 0.869. The molecule has 1 heterocycles. The second kappa shape index (κ2) is 6.26. The zero-order chi connectivity index (χ0) is 14.9. The van der Waals surface area contributed by atoms with Crippen LogP contribution in [-0.2, 0) is 9.53 Å². The molecule has 1 aromatic rings. The maximum absolute atomic E-state index is 13.6. The van der Waals surface area contributed by atoms with Crippen LogP contribution in [0.25, 0.3) is 0 Å². The van der Waals surface area contributed by atoms with E-state index in [1.54, 1.807) is 11.8 Å². The summed E-state index contributed by atoms with van der Waals surface area (Å²) in [5.74, 6) is -1.54. The van der Waals surface area contributed by atoms with Crippen molar-refractivity contribution in [3.63, 3.8) is 0 Å². The molecule has 0 spiro atoms. The number of hydrogen-bond acceptors (Lipinski definition) is 3. The van der Waals surface area contributed by atoms with Crippen LogP contribution in [0.15, 0.2) is 12.1 Å². The van der Waals surface area contributed by atoms with E-state index in [1.807, 2.05) is 0 Å². The van der Waals surface area contributed by atoms with Gasteiger partial charge in [-0.1, -0.05) is 23.2 Å². The Bertz CT molecular complexity index is 527. The van der Waals surface area contributed by atoms with Crippen LogP contribution in [0.4, 0.5) is 4.39 Å². The number of benzene rings is 1. The van der Waals surface area contributed by atoms with Gasteiger partial charge in [-0.2, -0.15) is 0 Å². The lowest BCUT2D eigenvalue weighted by Crippen LogP contribution is -2.50. The minimum absolute atomic E-state index is 0.0530. The van der Waals surface area contributed by atoms with Gasteiger partial charge in [0, 0.05) is 17.6 Å². The highest BCUT2D eigenvalue weighted by Gasteiger charge is 2.33. The van der Waals surface area contributed by atoms with Gasteiger partial charge in [-0.25, -0.2) is 4.39 Å². The second-order valence-corrected chi connectivity index (χ2v) is 5.44. The number of carbonyl (C=O) groups is 1. The molecule has 2 unspecified atom stereocenters. The maximum atomic E-state index is 13.6. The van der Waals surface area contributed by atoms with Crippen LogP contribution >= 0.6 is 23.2 Å². The van der Waals surface area contributed by atoms with Crippen LogP contribution in [0.5, 0.6) is 0 Å². The van der Waals surface area contributed by atoms with Crippen LogP contribution in [0.1, 0.15) is 18.5 Å². The highest BCUT2D eigenvalue weighted by atomic mass is 35.5. The molecule has 1 N–H and O–H groups in total. The summed E-state index contributed by atoms with van der Waals surface area (Å²) in [5.41, 5.74) is 0.515. The number of ether oxygens (including phenoxy) is 1. The maximum Gasteiger partial charge on any atom is 0.323 e. The van der Waals surface area contributed by atoms with E-state index in [1.165, 1.54) is 12.1 Å². The zero-order valence-corrected chi connectivity index (χ0v) is 12.3. The first-order valence-electron chi connectivity index (χ1n) is 6.12. The summed E-state index contributed by atoms with van der Waals surface area (Å²) >= 11 is 11.8. The van der Waals surface area contributed by atoms with E-state index in [0.717, 1.165) is 0 Å². The summed E-state index contributed by atoms with van der Waals surface area (Å²) < 4.78 is 18.8. The van der Waals surface area contributed by atoms with Crippen LogP contribution in [-0.4, -0.2) is 41.8 Å². The van der Waals surface area contributed by atoms with E-state index in [9.17, 15) is 14.3 Å². The summed E-state index contributed by atoms with van der Waals surface area (Å²) in [6, 6.07) is 1.47. The van der Waals surface area contributed by atoms with E-state index in [0.29, 0.717) is 23.7 Å². The normalized spacial score (nSPS) is 21.7. The van der Waals surface area contributed by atoms with Crippen molar-refractivity contribution in [1.29, 1.82) is 0 Å². The molecule has 20 heavy (non-hydrogen) atoms. The largest absolute Gasteiger partial charge is 0.480 e. The van der Waals surface area contributed by atoms with Gasteiger partial charge in [0.15, 0.2) is 0 Å². The van der Waals surface area contributed by atoms with Gasteiger partial charge in [0.1, 0.15) is 11.9 Å². The molecule has 2 rings (SSSR count). The number of morpholine rings is 1. The van der Waals surface area contributed by atoms with Gasteiger partial charge in [0.25, 0.3) is 0 Å². The Morgan fingerprint density at radius 2 is 2.20 bits per heavy atom. The highest BCUT2D eigenvalue weighted by molar-refractivity contribution is 6.35. The van der Waals surface area contributed by atoms with Crippen molar-refractivity contribution >= 4 is 29.2 Å². The molecule has 0 radical (unpaired) electrons. The summed E-state index contributed by atoms with van der Waals surface area (Å²) in [6.07, 6.45) is 0. The number of halogens is 3. The minimum Gasteiger partial charge on any atom is -0.480 e. The van der Waals surface area contributed by atoms with E-state index < -0.39 is 17.8 Å². The van der Waals surface area contributed by atoms with Crippen LogP contribution in [0, 0.1) is 5.82 Å². The third-order valence-corrected chi connectivity index (χ3v) is 4.06. The third-order valence-electron chi connectivity index (χ3n) is 3.44. The average Bonchev–Trinajstić information content (AvgIpc) is 2.42. The Kier molecular flexibility index (Phi) is 4.86. The molecule has 1 aliphatic rings. The number of carboxylic acid groups (broad SMARTS) is 1. The molecule has 2 atom stereocenters. The van der Waals surface area contributed by atoms with Crippen molar-refractivity contribution in [3.8, 4) is 0 Å². The zero-order valence-electron chi connectivity index (χ0n) is 10.8. The third kappa shape index (κ3) is 3.06. The first kappa shape index (κ1) is 15.5. The molecule has 110 valence electrons. The summed E-state index contributed by atoms with van der Waals surface area (Å²) in [5, 5.41) is 9.49. The number of aliphatic carboxylic acids is 1. The first-order valence-corrected chi connectivity index (χ1v) is 6.88. The average molecular weight is 322 g/mol. The topological polar surface area (TPSA) is 49.8 Å². The van der Waals surface area contributed by atoms with Crippen LogP contribution in [0.3, 0.4) is 0 Å². The molecule has 1 aromatic carbocycles. The van der Waals surface area contributed by atoms with E-state index in [-0.39, 0.29) is 17.7 Å². The van der Waals surface area contributed by atoms with E-state index in [2.05, 4.69) is 0 Å². The molecule has 4 nitrogen and oxygen atoms in total. The summed E-state index contributed by atoms with van der Waals surface area (Å²) in [6.45, 7) is 2.77. The lowest BCUT2D eigenvalue weighted by molar-refractivity contribution is -0.151. The molecule has 0 saturated carbocycles. The van der Waals surface area contributed by atoms with Gasteiger partial charge < -0.3 is 9.84 Å². The number of nitrogens with zero attached hydrogens (tertiary/aromatic N) is 1. The summed E-state index contributed by atoms with van der Waals surface area (Å²) in [4.78, 5) is 13.0. The lowest BCUT2D eigenvalue weighted by atomic mass is 10.0. The lowest BCUT2D eigenvalue weighted by Gasteiger charge is -2.37. The molecular formula is C13H14Cl2FNO3. The number of hydrogen-bond donors (Lipinski definition) is 1. The van der Waals surface area contributed by atoms with Gasteiger partial charge in [0.05, 0.1) is 18.2 Å². The minimum atomic E-state index is -0.970. The van der Waals surface area contributed by atoms with Crippen molar-refractivity contribution in [2.75, 3.05) is 19.8 Å². The van der Waals surface area contributed by atoms with Gasteiger partial charge in [-0.05, 0) is 24.6 Å². The smallest absolute Gasteiger partial charge is 0.323 e. The van der Waals surface area contributed by atoms with Crippen LogP contribution in [0.2, 0.25) is 10.0 Å². The van der Waals surface area contributed by atoms with E-state index >= 15 is 0 Å². The fraction of sp³-hybridized carbons (Fsp3) is 0.462. The molecule has 0 bridgehead atoms. The molecule has 1 aliphatic heterocycles. The van der Waals surface area contributed by atoms with Crippen molar-refractivity contribution in [1.82, 2.24) is 4.90 Å². The molecule has 0 aromatic heterocycles. The standard InChI is InChI=1S/C13H14Cl2FNO3/c1-7(8-4-11(16)10(15)5-9(8)14)17-2-3-20-6-12(17)13(18)19/h4-5,7,12H,2-3,6H2,1H3,(H,18,19). The first-order chi connectivity index (χ1) is 9.41. The van der Waals surface area contributed by atoms with Crippen LogP contribution < -0.4 is 0 Å². The van der Waals surface area contributed by atoms with Crippen molar-refractivity contribution in [2.24, 2.45) is 0 Å². The Balaban J connectivity index is 2.32. The highest BCUT2D eigenvalue weighted by Crippen LogP contribution is 2.33. The van der Waals surface area contributed by atoms with Crippen molar-refractivity contribution < 1.29 is 19.0 Å². The van der Waals surface area contributed by atoms with Crippen molar-refractivity contribution in [3.05, 3.63) is 33.6 Å². The fourth-order valence-electron chi connectivity index (χ4n) is 2.33. The van der Waals surface area contributed by atoms with Gasteiger partial charge in [-0.3, -0.25) is 9.69 Å². The van der Waals surface area contributed by atoms with Crippen molar-refractivity contribution in [2.45, 2.75) is 19.0 Å². The fourth-order valence-corrected chi connectivity index (χ4v) is 2.87. The molecule has 0 aliphatic carbocycles. The molecule has 1 fully saturated rings. The predicted molar refractivity (Wildman–Crippen MR) is 73.8 cm³/mol. The Hall–Kier alpha value is -0.880. The number of carboxylic acids is 1. The SMILES string of the molecule is CC(c1cc(F)c(Cl)cc1Cl)N1CCOCC1C(=O)O. The molecular weight excluding hydrogens is 308 g/mol. The van der Waals surface area contributed by atoms with Gasteiger partial charge >= 0.3 is 5.97 Å².